The first-order valence-electron chi connectivity index (χ1n) is 5.53. The largest absolute Gasteiger partial charge is 0.300 e. The highest BCUT2D eigenvalue weighted by atomic mass is 16.1. The standard InChI is InChI=1S/C13H20O/c1-3-4-5-6-12-7-9-13(10-8-12)11(2)14/h3-4,7,13H,5-6,8-10H2,1-2H3/b4-3+. The van der Waals surface area contributed by atoms with Crippen LogP contribution in [0.25, 0.3) is 0 Å². The van der Waals surface area contributed by atoms with Gasteiger partial charge in [0.2, 0.25) is 0 Å². The molecule has 0 amide bonds. The van der Waals surface area contributed by atoms with E-state index in [0.29, 0.717) is 11.7 Å². The summed E-state index contributed by atoms with van der Waals surface area (Å²) in [6.45, 7) is 3.77. The third-order valence-electron chi connectivity index (χ3n) is 2.95. The van der Waals surface area contributed by atoms with E-state index < -0.39 is 0 Å². The van der Waals surface area contributed by atoms with Gasteiger partial charge in [0.1, 0.15) is 5.78 Å². The summed E-state index contributed by atoms with van der Waals surface area (Å²) in [6.07, 6.45) is 12.1. The van der Waals surface area contributed by atoms with Gasteiger partial charge in [-0.2, -0.15) is 0 Å². The van der Waals surface area contributed by atoms with Crippen molar-refractivity contribution in [3.05, 3.63) is 23.8 Å². The summed E-state index contributed by atoms with van der Waals surface area (Å²) in [5, 5.41) is 0. The zero-order chi connectivity index (χ0) is 10.4. The molecule has 0 radical (unpaired) electrons. The highest BCUT2D eigenvalue weighted by Crippen LogP contribution is 2.26. The molecule has 1 aliphatic carbocycles. The molecular formula is C13H20O. The van der Waals surface area contributed by atoms with Crippen molar-refractivity contribution >= 4 is 5.78 Å². The van der Waals surface area contributed by atoms with Gasteiger partial charge in [0.25, 0.3) is 0 Å². The Kier molecular flexibility index (Phi) is 4.64. The van der Waals surface area contributed by atoms with Crippen LogP contribution in [0.4, 0.5) is 0 Å². The monoisotopic (exact) mass is 192 g/mol. The number of rotatable bonds is 4. The van der Waals surface area contributed by atoms with Crippen molar-refractivity contribution in [3.8, 4) is 0 Å². The van der Waals surface area contributed by atoms with Gasteiger partial charge in [-0.3, -0.25) is 4.79 Å². The molecule has 1 unspecified atom stereocenters. The Balaban J connectivity index is 2.33. The third kappa shape index (κ3) is 3.49. The van der Waals surface area contributed by atoms with E-state index >= 15 is 0 Å². The molecule has 0 heterocycles. The summed E-state index contributed by atoms with van der Waals surface area (Å²) in [7, 11) is 0. The molecule has 0 aromatic heterocycles. The zero-order valence-corrected chi connectivity index (χ0v) is 9.25. The van der Waals surface area contributed by atoms with E-state index in [0.717, 1.165) is 25.7 Å². The second kappa shape index (κ2) is 5.79. The van der Waals surface area contributed by atoms with Gasteiger partial charge in [-0.1, -0.05) is 23.8 Å². The molecule has 0 saturated carbocycles. The van der Waals surface area contributed by atoms with Crippen LogP contribution in [-0.2, 0) is 4.79 Å². The van der Waals surface area contributed by atoms with Gasteiger partial charge >= 0.3 is 0 Å². The van der Waals surface area contributed by atoms with Crippen molar-refractivity contribution < 1.29 is 4.79 Å². The van der Waals surface area contributed by atoms with Crippen molar-refractivity contribution in [1.82, 2.24) is 0 Å². The number of carbonyl (C=O) groups excluding carboxylic acids is 1. The van der Waals surface area contributed by atoms with Crippen LogP contribution >= 0.6 is 0 Å². The Hall–Kier alpha value is -0.850. The van der Waals surface area contributed by atoms with Gasteiger partial charge in [-0.15, -0.1) is 0 Å². The van der Waals surface area contributed by atoms with Crippen LogP contribution in [0.3, 0.4) is 0 Å². The molecule has 0 spiro atoms. The van der Waals surface area contributed by atoms with Crippen molar-refractivity contribution in [1.29, 1.82) is 0 Å². The molecule has 14 heavy (non-hydrogen) atoms. The fourth-order valence-corrected chi connectivity index (χ4v) is 1.92. The summed E-state index contributed by atoms with van der Waals surface area (Å²) >= 11 is 0. The van der Waals surface area contributed by atoms with Crippen LogP contribution in [0.5, 0.6) is 0 Å². The molecule has 1 aliphatic rings. The maximum absolute atomic E-state index is 11.1. The second-order valence-electron chi connectivity index (χ2n) is 4.05. The lowest BCUT2D eigenvalue weighted by molar-refractivity contribution is -0.120. The molecule has 0 aliphatic heterocycles. The van der Waals surface area contributed by atoms with Crippen LogP contribution in [0.15, 0.2) is 23.8 Å². The molecule has 0 N–H and O–H groups in total. The molecule has 0 aromatic rings. The lowest BCUT2D eigenvalue weighted by atomic mass is 9.86. The van der Waals surface area contributed by atoms with Gasteiger partial charge in [0.05, 0.1) is 0 Å². The first-order valence-corrected chi connectivity index (χ1v) is 5.53. The number of Topliss-reactive ketones (excluding diaryl/α,β-unsaturated/α-hetero) is 1. The van der Waals surface area contributed by atoms with Gasteiger partial charge < -0.3 is 0 Å². The van der Waals surface area contributed by atoms with Crippen molar-refractivity contribution in [3.63, 3.8) is 0 Å². The van der Waals surface area contributed by atoms with Crippen molar-refractivity contribution in [2.75, 3.05) is 0 Å². The quantitative estimate of drug-likeness (QED) is 0.621. The van der Waals surface area contributed by atoms with E-state index in [9.17, 15) is 4.79 Å². The topological polar surface area (TPSA) is 17.1 Å². The minimum atomic E-state index is 0.306. The third-order valence-corrected chi connectivity index (χ3v) is 2.95. The first-order chi connectivity index (χ1) is 6.74. The predicted molar refractivity (Wildman–Crippen MR) is 60.2 cm³/mol. The van der Waals surface area contributed by atoms with Crippen LogP contribution in [0.2, 0.25) is 0 Å². The SMILES string of the molecule is C/C=C/CCC1=CCC(C(C)=O)CC1. The maximum Gasteiger partial charge on any atom is 0.133 e. The zero-order valence-electron chi connectivity index (χ0n) is 9.25. The minimum Gasteiger partial charge on any atom is -0.300 e. The highest BCUT2D eigenvalue weighted by molar-refractivity contribution is 5.78. The van der Waals surface area contributed by atoms with Gasteiger partial charge in [-0.25, -0.2) is 0 Å². The van der Waals surface area contributed by atoms with Crippen molar-refractivity contribution in [2.45, 2.75) is 46.0 Å². The number of hydrogen-bond acceptors (Lipinski definition) is 1. The van der Waals surface area contributed by atoms with E-state index in [1.807, 2.05) is 0 Å². The molecule has 0 fully saturated rings. The van der Waals surface area contributed by atoms with Crippen molar-refractivity contribution in [2.24, 2.45) is 5.92 Å². The fourth-order valence-electron chi connectivity index (χ4n) is 1.92. The lowest BCUT2D eigenvalue weighted by Gasteiger charge is -2.19. The molecule has 1 rings (SSSR count). The summed E-state index contributed by atoms with van der Waals surface area (Å²) in [4.78, 5) is 11.1. The van der Waals surface area contributed by atoms with Gasteiger partial charge in [-0.05, 0) is 46.0 Å². The summed E-state index contributed by atoms with van der Waals surface area (Å²) in [5.74, 6) is 0.661. The van der Waals surface area contributed by atoms with Crippen LogP contribution in [0, 0.1) is 5.92 Å². The average Bonchev–Trinajstić information content (AvgIpc) is 2.19. The van der Waals surface area contributed by atoms with E-state index in [2.05, 4.69) is 25.2 Å². The number of ketones is 1. The number of allylic oxidation sites excluding steroid dienone is 4. The van der Waals surface area contributed by atoms with E-state index in [4.69, 9.17) is 0 Å². The predicted octanol–water partition coefficient (Wildman–Crippen LogP) is 3.66. The molecule has 1 heteroatoms. The molecular weight excluding hydrogens is 172 g/mol. The number of hydrogen-bond donors (Lipinski definition) is 0. The van der Waals surface area contributed by atoms with Crippen LogP contribution in [0.1, 0.15) is 46.0 Å². The summed E-state index contributed by atoms with van der Waals surface area (Å²) in [6, 6.07) is 0. The normalized spacial score (nSPS) is 22.4. The van der Waals surface area contributed by atoms with E-state index in [1.165, 1.54) is 6.42 Å². The maximum atomic E-state index is 11.1. The fraction of sp³-hybridized carbons (Fsp3) is 0.615. The number of carbonyl (C=O) groups is 1. The Morgan fingerprint density at radius 3 is 2.93 bits per heavy atom. The van der Waals surface area contributed by atoms with Crippen LogP contribution < -0.4 is 0 Å². The molecule has 1 atom stereocenters. The molecule has 0 aromatic carbocycles. The van der Waals surface area contributed by atoms with Gasteiger partial charge in [0, 0.05) is 5.92 Å². The van der Waals surface area contributed by atoms with E-state index in [-0.39, 0.29) is 0 Å². The molecule has 78 valence electrons. The first kappa shape index (κ1) is 11.2. The second-order valence-corrected chi connectivity index (χ2v) is 4.05. The van der Waals surface area contributed by atoms with Crippen LogP contribution in [-0.4, -0.2) is 5.78 Å². The minimum absolute atomic E-state index is 0.306. The summed E-state index contributed by atoms with van der Waals surface area (Å²) in [5.41, 5.74) is 1.54. The Morgan fingerprint density at radius 2 is 2.43 bits per heavy atom. The lowest BCUT2D eigenvalue weighted by Crippen LogP contribution is -2.13. The van der Waals surface area contributed by atoms with E-state index in [1.54, 1.807) is 12.5 Å². The Bertz CT molecular complexity index is 248. The highest BCUT2D eigenvalue weighted by Gasteiger charge is 2.17. The molecule has 1 nitrogen and oxygen atoms in total. The smallest absolute Gasteiger partial charge is 0.133 e. The average molecular weight is 192 g/mol. The molecule has 0 bridgehead atoms. The van der Waals surface area contributed by atoms with Gasteiger partial charge in [0.15, 0.2) is 0 Å². The Morgan fingerprint density at radius 1 is 1.64 bits per heavy atom. The summed E-state index contributed by atoms with van der Waals surface area (Å²) < 4.78 is 0. The Labute approximate surface area is 86.9 Å². The molecule has 0 saturated heterocycles.